The summed E-state index contributed by atoms with van der Waals surface area (Å²) in [6.07, 6.45) is 4.50. The van der Waals surface area contributed by atoms with Gasteiger partial charge in [-0.2, -0.15) is 4.39 Å². The smallest absolute Gasteiger partial charge is 0.264 e. The lowest BCUT2D eigenvalue weighted by atomic mass is 9.88. The molecular weight excluding hydrogens is 561 g/mol. The maximum absolute atomic E-state index is 14.6. The van der Waals surface area contributed by atoms with Crippen LogP contribution in [0.3, 0.4) is 0 Å². The number of nitrogens with zero attached hydrogens (tertiary/aromatic N) is 1. The molecule has 2 heterocycles. The van der Waals surface area contributed by atoms with Crippen molar-refractivity contribution >= 4 is 27.6 Å². The maximum atomic E-state index is 14.6. The highest BCUT2D eigenvalue weighted by atomic mass is 32.2. The molecule has 2 aromatic rings. The van der Waals surface area contributed by atoms with E-state index in [-0.39, 0.29) is 30.7 Å². The second kappa shape index (κ2) is 10.6. The zero-order valence-electron chi connectivity index (χ0n) is 23.3. The minimum atomic E-state index is -4.17. The summed E-state index contributed by atoms with van der Waals surface area (Å²) in [5.74, 6) is -2.02. The summed E-state index contributed by atoms with van der Waals surface area (Å²) in [5.41, 5.74) is 0.418. The SMILES string of the molecule is CS(=O)(=O)/C(F)=C\[C@@H](C[C@@H]1CCNC1=O)NC(=O)[C@@H]1[C@@H]2CCC[C@@H]2CN1C(=O)C1(O)c2ccccc2-c2ccccc21. The van der Waals surface area contributed by atoms with Gasteiger partial charge in [-0.15, -0.1) is 0 Å². The van der Waals surface area contributed by atoms with Gasteiger partial charge < -0.3 is 20.6 Å². The van der Waals surface area contributed by atoms with E-state index in [1.54, 1.807) is 24.3 Å². The number of rotatable bonds is 7. The molecule has 42 heavy (non-hydrogen) atoms. The molecule has 3 N–H and O–H groups in total. The first-order chi connectivity index (χ1) is 20.0. The Bertz CT molecular complexity index is 1540. The Hall–Kier alpha value is -3.57. The van der Waals surface area contributed by atoms with Gasteiger partial charge in [-0.3, -0.25) is 14.4 Å². The molecule has 0 radical (unpaired) electrons. The van der Waals surface area contributed by atoms with E-state index < -0.39 is 50.4 Å². The van der Waals surface area contributed by atoms with Gasteiger partial charge >= 0.3 is 0 Å². The van der Waals surface area contributed by atoms with Crippen molar-refractivity contribution in [1.29, 1.82) is 0 Å². The lowest BCUT2D eigenvalue weighted by Gasteiger charge is -2.34. The molecule has 2 aliphatic carbocycles. The predicted octanol–water partition coefficient (Wildman–Crippen LogP) is 2.40. The van der Waals surface area contributed by atoms with Crippen LogP contribution in [0.4, 0.5) is 4.39 Å². The van der Waals surface area contributed by atoms with E-state index in [9.17, 15) is 32.3 Å². The van der Waals surface area contributed by atoms with Crippen molar-refractivity contribution in [3.8, 4) is 11.1 Å². The van der Waals surface area contributed by atoms with E-state index in [1.807, 2.05) is 24.3 Å². The van der Waals surface area contributed by atoms with Crippen LogP contribution < -0.4 is 10.6 Å². The fraction of sp³-hybridized carbons (Fsp3) is 0.452. The number of carbonyl (C=O) groups excluding carboxylic acids is 3. The summed E-state index contributed by atoms with van der Waals surface area (Å²) < 4.78 is 38.4. The standard InChI is InChI=1S/C31H34FN3O6S/c1-42(40,41)26(32)16-20(15-18-13-14-33-28(18)36)34-29(37)27-21-10-6-7-19(21)17-35(27)30(38)31(39)24-11-4-2-8-22(24)23-9-3-5-12-25(23)31/h2-5,8-9,11-12,16,18-21,27,39H,6-7,10,13-15,17H2,1H3,(H,33,36)(H,34,37)/b26-16-/t18-,19+,20+,21+,27-/m0/s1. The molecule has 5 atom stereocenters. The summed E-state index contributed by atoms with van der Waals surface area (Å²) in [4.78, 5) is 42.2. The first-order valence-electron chi connectivity index (χ1n) is 14.4. The van der Waals surface area contributed by atoms with E-state index in [1.165, 1.54) is 4.90 Å². The Kier molecular flexibility index (Phi) is 7.21. The first-order valence-corrected chi connectivity index (χ1v) is 16.3. The van der Waals surface area contributed by atoms with Gasteiger partial charge in [0.25, 0.3) is 5.91 Å². The van der Waals surface area contributed by atoms with Crippen LogP contribution in [0.2, 0.25) is 0 Å². The van der Waals surface area contributed by atoms with Crippen LogP contribution in [0.15, 0.2) is 59.8 Å². The van der Waals surface area contributed by atoms with Gasteiger partial charge in [-0.25, -0.2) is 8.42 Å². The Labute approximate surface area is 244 Å². The van der Waals surface area contributed by atoms with Crippen LogP contribution in [0.5, 0.6) is 0 Å². The van der Waals surface area contributed by atoms with Crippen LogP contribution in [0.25, 0.3) is 11.1 Å². The molecule has 0 bridgehead atoms. The Morgan fingerprint density at radius 1 is 1.12 bits per heavy atom. The normalized spacial score (nSPS) is 26.8. The third kappa shape index (κ3) is 4.72. The minimum Gasteiger partial charge on any atom is -0.372 e. The molecule has 9 nitrogen and oxygen atoms in total. The molecular formula is C31H34FN3O6S. The molecule has 0 aromatic heterocycles. The summed E-state index contributed by atoms with van der Waals surface area (Å²) in [6.45, 7) is 0.732. The van der Waals surface area contributed by atoms with Gasteiger partial charge in [0.1, 0.15) is 6.04 Å². The van der Waals surface area contributed by atoms with Crippen molar-refractivity contribution in [2.24, 2.45) is 17.8 Å². The molecule has 1 saturated carbocycles. The molecule has 3 fully saturated rings. The maximum Gasteiger partial charge on any atom is 0.264 e. The summed E-state index contributed by atoms with van der Waals surface area (Å²) in [6, 6.07) is 12.3. The molecule has 3 amide bonds. The molecule has 2 aliphatic heterocycles. The number of amides is 3. The summed E-state index contributed by atoms with van der Waals surface area (Å²) in [5, 5.41) is 16.3. The number of nitrogens with one attached hydrogen (secondary N) is 2. The highest BCUT2D eigenvalue weighted by molar-refractivity contribution is 7.94. The fourth-order valence-corrected chi connectivity index (χ4v) is 7.81. The number of halogens is 1. The fourth-order valence-electron chi connectivity index (χ4n) is 7.40. The molecule has 6 rings (SSSR count). The largest absolute Gasteiger partial charge is 0.372 e. The molecule has 0 spiro atoms. The van der Waals surface area contributed by atoms with E-state index in [0.29, 0.717) is 30.5 Å². The molecule has 11 heteroatoms. The van der Waals surface area contributed by atoms with Crippen molar-refractivity contribution in [3.05, 3.63) is 70.9 Å². The summed E-state index contributed by atoms with van der Waals surface area (Å²) >= 11 is 0. The van der Waals surface area contributed by atoms with E-state index in [4.69, 9.17) is 0 Å². The van der Waals surface area contributed by atoms with Crippen LogP contribution in [-0.4, -0.2) is 67.6 Å². The number of benzene rings is 2. The molecule has 2 aromatic carbocycles. The van der Waals surface area contributed by atoms with Crippen molar-refractivity contribution in [2.75, 3.05) is 19.3 Å². The van der Waals surface area contributed by atoms with Crippen LogP contribution >= 0.6 is 0 Å². The number of likely N-dealkylation sites (tertiary alicyclic amines) is 1. The van der Waals surface area contributed by atoms with Crippen molar-refractivity contribution in [1.82, 2.24) is 15.5 Å². The number of carbonyl (C=O) groups is 3. The topological polar surface area (TPSA) is 133 Å². The zero-order valence-corrected chi connectivity index (χ0v) is 24.1. The Morgan fingerprint density at radius 3 is 2.36 bits per heavy atom. The van der Waals surface area contributed by atoms with E-state index >= 15 is 0 Å². The summed E-state index contributed by atoms with van der Waals surface area (Å²) in [7, 11) is -4.17. The molecule has 2 saturated heterocycles. The lowest BCUT2D eigenvalue weighted by molar-refractivity contribution is -0.152. The average Bonchev–Trinajstić information content (AvgIpc) is 3.72. The zero-order chi connectivity index (χ0) is 29.8. The average molecular weight is 596 g/mol. The monoisotopic (exact) mass is 595 g/mol. The third-order valence-electron chi connectivity index (χ3n) is 9.37. The van der Waals surface area contributed by atoms with Gasteiger partial charge in [0, 0.05) is 36.4 Å². The van der Waals surface area contributed by atoms with Crippen LogP contribution in [0, 0.1) is 17.8 Å². The highest BCUT2D eigenvalue weighted by Crippen LogP contribution is 2.50. The van der Waals surface area contributed by atoms with Crippen LogP contribution in [-0.2, 0) is 29.8 Å². The number of fused-ring (bicyclic) bond motifs is 4. The number of sulfone groups is 1. The third-order valence-corrected chi connectivity index (χ3v) is 10.2. The lowest BCUT2D eigenvalue weighted by Crippen LogP contribution is -2.55. The Balaban J connectivity index is 1.34. The highest BCUT2D eigenvalue weighted by Gasteiger charge is 2.56. The number of hydrogen-bond acceptors (Lipinski definition) is 6. The van der Waals surface area contributed by atoms with Gasteiger partial charge in [-0.1, -0.05) is 55.0 Å². The first kappa shape index (κ1) is 28.5. The van der Waals surface area contributed by atoms with Crippen molar-refractivity contribution in [2.45, 2.75) is 49.8 Å². The number of aliphatic hydroxyl groups is 1. The van der Waals surface area contributed by atoms with Crippen molar-refractivity contribution < 1.29 is 32.3 Å². The molecule has 222 valence electrons. The quantitative estimate of drug-likeness (QED) is 0.451. The minimum absolute atomic E-state index is 0.0139. The van der Waals surface area contributed by atoms with Gasteiger partial charge in [0.2, 0.25) is 26.8 Å². The van der Waals surface area contributed by atoms with Gasteiger partial charge in [0.15, 0.2) is 5.60 Å². The second-order valence-electron chi connectivity index (χ2n) is 11.9. The second-order valence-corrected chi connectivity index (χ2v) is 13.9. The number of hydrogen-bond donors (Lipinski definition) is 3. The van der Waals surface area contributed by atoms with Crippen LogP contribution in [0.1, 0.15) is 43.2 Å². The predicted molar refractivity (Wildman–Crippen MR) is 153 cm³/mol. The van der Waals surface area contributed by atoms with E-state index in [2.05, 4.69) is 10.6 Å². The molecule has 0 unspecified atom stereocenters. The van der Waals surface area contributed by atoms with Crippen molar-refractivity contribution in [3.63, 3.8) is 0 Å². The Morgan fingerprint density at radius 2 is 1.76 bits per heavy atom. The molecule has 4 aliphatic rings. The van der Waals surface area contributed by atoms with E-state index in [0.717, 1.165) is 36.3 Å². The van der Waals surface area contributed by atoms with Gasteiger partial charge in [0.05, 0.1) is 6.04 Å². The van der Waals surface area contributed by atoms with Gasteiger partial charge in [-0.05, 0) is 54.7 Å².